The summed E-state index contributed by atoms with van der Waals surface area (Å²) >= 11 is 0. The van der Waals surface area contributed by atoms with Crippen molar-refractivity contribution < 1.29 is 9.47 Å². The summed E-state index contributed by atoms with van der Waals surface area (Å²) in [4.78, 5) is 0. The molecule has 2 rings (SSSR count). The highest BCUT2D eigenvalue weighted by Gasteiger charge is 2.10. The maximum absolute atomic E-state index is 5.38. The van der Waals surface area contributed by atoms with E-state index in [2.05, 4.69) is 12.1 Å². The Labute approximate surface area is 77.8 Å². The molecule has 1 aromatic rings. The molecule has 0 saturated heterocycles. The van der Waals surface area contributed by atoms with Crippen molar-refractivity contribution in [2.75, 3.05) is 6.61 Å². The van der Waals surface area contributed by atoms with E-state index in [0.717, 1.165) is 0 Å². The third kappa shape index (κ3) is 1.66. The molecule has 13 heavy (non-hydrogen) atoms. The predicted octanol–water partition coefficient (Wildman–Crippen LogP) is 2.55. The van der Waals surface area contributed by atoms with Gasteiger partial charge in [-0.2, -0.15) is 0 Å². The summed E-state index contributed by atoms with van der Waals surface area (Å²) in [5.74, 6) is 0.626. The van der Waals surface area contributed by atoms with Gasteiger partial charge in [-0.15, -0.1) is 0 Å². The number of hydrogen-bond donors (Lipinski definition) is 0. The molecule has 68 valence electrons. The summed E-state index contributed by atoms with van der Waals surface area (Å²) in [7, 11) is 0. The highest BCUT2D eigenvalue weighted by Crippen LogP contribution is 2.21. The van der Waals surface area contributed by atoms with Crippen LogP contribution in [-0.2, 0) is 16.1 Å². The minimum atomic E-state index is 0.613. The molecule has 2 nitrogen and oxygen atoms in total. The zero-order valence-corrected chi connectivity index (χ0v) is 7.62. The smallest absolute Gasteiger partial charge is 0.280 e. The summed E-state index contributed by atoms with van der Waals surface area (Å²) in [5.41, 5.74) is 2.41. The summed E-state index contributed by atoms with van der Waals surface area (Å²) in [6, 6.07) is 8.16. The zero-order valence-electron chi connectivity index (χ0n) is 7.62. The van der Waals surface area contributed by atoms with Crippen LogP contribution in [0.4, 0.5) is 0 Å². The number of rotatable bonds is 2. The lowest BCUT2D eigenvalue weighted by molar-refractivity contribution is 0.0335. The molecule has 0 radical (unpaired) electrons. The average molecular weight is 176 g/mol. The summed E-state index contributed by atoms with van der Waals surface area (Å²) < 4.78 is 10.7. The van der Waals surface area contributed by atoms with Gasteiger partial charge in [0.05, 0.1) is 6.61 Å². The highest BCUT2D eigenvalue weighted by atomic mass is 16.7. The summed E-state index contributed by atoms with van der Waals surface area (Å²) in [6.45, 7) is 3.21. The lowest BCUT2D eigenvalue weighted by atomic mass is 10.1. The Morgan fingerprint density at radius 1 is 1.38 bits per heavy atom. The van der Waals surface area contributed by atoms with Crippen molar-refractivity contribution in [2.45, 2.75) is 13.5 Å². The molecular weight excluding hydrogens is 164 g/mol. The maximum atomic E-state index is 5.38. The minimum Gasteiger partial charge on any atom is -0.466 e. The normalized spacial score (nSPS) is 14.1. The third-order valence-corrected chi connectivity index (χ3v) is 1.98. The van der Waals surface area contributed by atoms with Crippen LogP contribution in [0.1, 0.15) is 18.1 Å². The number of benzene rings is 1. The first-order valence-electron chi connectivity index (χ1n) is 4.45. The van der Waals surface area contributed by atoms with Crippen molar-refractivity contribution in [1.29, 1.82) is 0 Å². The monoisotopic (exact) mass is 176 g/mol. The fourth-order valence-corrected chi connectivity index (χ4v) is 1.35. The molecule has 0 spiro atoms. The quantitative estimate of drug-likeness (QED) is 0.689. The van der Waals surface area contributed by atoms with Crippen molar-refractivity contribution in [1.82, 2.24) is 0 Å². The van der Waals surface area contributed by atoms with E-state index < -0.39 is 0 Å². The highest BCUT2D eigenvalue weighted by molar-refractivity contribution is 5.55. The first kappa shape index (κ1) is 8.17. The molecule has 0 aromatic heterocycles. The first-order chi connectivity index (χ1) is 6.40. The van der Waals surface area contributed by atoms with Gasteiger partial charge in [0.25, 0.3) is 5.95 Å². The van der Waals surface area contributed by atoms with Crippen LogP contribution in [0.3, 0.4) is 0 Å². The molecule has 1 aliphatic rings. The van der Waals surface area contributed by atoms with E-state index in [4.69, 9.17) is 9.47 Å². The Kier molecular flexibility index (Phi) is 2.21. The Hall–Kier alpha value is -1.44. The van der Waals surface area contributed by atoms with E-state index >= 15 is 0 Å². The summed E-state index contributed by atoms with van der Waals surface area (Å²) in [6.07, 6.45) is 1.93. The Morgan fingerprint density at radius 2 is 2.23 bits per heavy atom. The third-order valence-electron chi connectivity index (χ3n) is 1.98. The minimum absolute atomic E-state index is 0.613. The van der Waals surface area contributed by atoms with Gasteiger partial charge >= 0.3 is 0 Å². The van der Waals surface area contributed by atoms with E-state index in [9.17, 15) is 0 Å². The largest absolute Gasteiger partial charge is 0.466 e. The predicted molar refractivity (Wildman–Crippen MR) is 50.8 cm³/mol. The second kappa shape index (κ2) is 3.52. The molecule has 0 atom stereocenters. The van der Waals surface area contributed by atoms with Crippen molar-refractivity contribution in [3.63, 3.8) is 0 Å². The Bertz CT molecular complexity index is 329. The van der Waals surface area contributed by atoms with Crippen LogP contribution in [0.25, 0.3) is 6.08 Å². The molecule has 1 heterocycles. The van der Waals surface area contributed by atoms with Gasteiger partial charge < -0.3 is 9.47 Å². The van der Waals surface area contributed by atoms with E-state index in [1.807, 2.05) is 25.1 Å². The second-order valence-corrected chi connectivity index (χ2v) is 2.88. The topological polar surface area (TPSA) is 18.5 Å². The molecule has 0 bridgehead atoms. The van der Waals surface area contributed by atoms with Crippen LogP contribution in [0.5, 0.6) is 0 Å². The van der Waals surface area contributed by atoms with Gasteiger partial charge in [-0.25, -0.2) is 0 Å². The Morgan fingerprint density at radius 3 is 3.08 bits per heavy atom. The first-order valence-corrected chi connectivity index (χ1v) is 4.45. The number of fused-ring (bicyclic) bond motifs is 1. The lowest BCUT2D eigenvalue weighted by Crippen LogP contribution is -2.04. The number of hydrogen-bond acceptors (Lipinski definition) is 2. The second-order valence-electron chi connectivity index (χ2n) is 2.88. The van der Waals surface area contributed by atoms with E-state index in [1.165, 1.54) is 11.1 Å². The van der Waals surface area contributed by atoms with Crippen LogP contribution in [0.2, 0.25) is 0 Å². The standard InChI is InChI=1S/C11H12O2/c1-2-12-11-7-9-5-3-4-6-10(9)8-13-11/h3-7H,2,8H2,1H3. The van der Waals surface area contributed by atoms with Gasteiger partial charge in [0.15, 0.2) is 0 Å². The lowest BCUT2D eigenvalue weighted by Gasteiger charge is -2.17. The maximum Gasteiger partial charge on any atom is 0.280 e. The van der Waals surface area contributed by atoms with Gasteiger partial charge in [0, 0.05) is 6.08 Å². The van der Waals surface area contributed by atoms with Crippen LogP contribution >= 0.6 is 0 Å². The molecular formula is C11H12O2. The van der Waals surface area contributed by atoms with Gasteiger partial charge in [-0.05, 0) is 18.1 Å². The van der Waals surface area contributed by atoms with E-state index in [-0.39, 0.29) is 0 Å². The van der Waals surface area contributed by atoms with Gasteiger partial charge in [-0.1, -0.05) is 24.3 Å². The van der Waals surface area contributed by atoms with Gasteiger partial charge in [0.2, 0.25) is 0 Å². The molecule has 0 N–H and O–H groups in total. The van der Waals surface area contributed by atoms with Crippen LogP contribution in [0, 0.1) is 0 Å². The SMILES string of the molecule is CCOC1=Cc2ccccc2CO1. The van der Waals surface area contributed by atoms with Crippen molar-refractivity contribution in [3.8, 4) is 0 Å². The van der Waals surface area contributed by atoms with Crippen LogP contribution in [-0.4, -0.2) is 6.61 Å². The van der Waals surface area contributed by atoms with Crippen LogP contribution in [0.15, 0.2) is 30.2 Å². The summed E-state index contributed by atoms with van der Waals surface area (Å²) in [5, 5.41) is 0. The molecule has 0 fully saturated rings. The molecule has 0 amide bonds. The molecule has 0 unspecified atom stereocenters. The fraction of sp³-hybridized carbons (Fsp3) is 0.273. The molecule has 0 aliphatic carbocycles. The zero-order chi connectivity index (χ0) is 9.10. The Balaban J connectivity index is 2.28. The van der Waals surface area contributed by atoms with Crippen LogP contribution < -0.4 is 0 Å². The van der Waals surface area contributed by atoms with E-state index in [1.54, 1.807) is 0 Å². The van der Waals surface area contributed by atoms with Crippen molar-refractivity contribution in [2.24, 2.45) is 0 Å². The molecule has 0 saturated carbocycles. The van der Waals surface area contributed by atoms with Crippen molar-refractivity contribution in [3.05, 3.63) is 41.3 Å². The van der Waals surface area contributed by atoms with E-state index in [0.29, 0.717) is 19.2 Å². The fourth-order valence-electron chi connectivity index (χ4n) is 1.35. The average Bonchev–Trinajstić information content (AvgIpc) is 2.18. The molecule has 2 heteroatoms. The van der Waals surface area contributed by atoms with Crippen molar-refractivity contribution >= 4 is 6.08 Å². The van der Waals surface area contributed by atoms with Gasteiger partial charge in [-0.3, -0.25) is 0 Å². The number of ether oxygens (including phenoxy) is 2. The van der Waals surface area contributed by atoms with Gasteiger partial charge in [0.1, 0.15) is 6.61 Å². The molecule has 1 aliphatic heterocycles. The molecule has 1 aromatic carbocycles.